The van der Waals surface area contributed by atoms with Gasteiger partial charge in [-0.05, 0) is 30.7 Å². The molecule has 100 valence electrons. The van der Waals surface area contributed by atoms with Crippen LogP contribution in [0.2, 0.25) is 5.02 Å². The van der Waals surface area contributed by atoms with Crippen molar-refractivity contribution in [1.82, 2.24) is 10.6 Å². The van der Waals surface area contributed by atoms with Crippen molar-refractivity contribution >= 4 is 17.6 Å². The van der Waals surface area contributed by atoms with E-state index in [9.17, 15) is 4.79 Å². The topological polar surface area (TPSA) is 70.6 Å². The molecule has 0 aliphatic heterocycles. The maximum absolute atomic E-state index is 11.4. The zero-order chi connectivity index (χ0) is 13.4. The van der Waals surface area contributed by atoms with Crippen molar-refractivity contribution in [3.63, 3.8) is 0 Å². The summed E-state index contributed by atoms with van der Waals surface area (Å²) in [4.78, 5) is 11.4. The minimum Gasteiger partial charge on any atom is -0.473 e. The minimum atomic E-state index is -0.370. The molecule has 2 amide bonds. The van der Waals surface area contributed by atoms with Gasteiger partial charge in [0.2, 0.25) is 0 Å². The molecule has 1 aromatic carbocycles. The van der Waals surface area contributed by atoms with Crippen molar-refractivity contribution in [2.24, 2.45) is 0 Å². The number of nitrogens with one attached hydrogen (secondary N) is 2. The quantitative estimate of drug-likeness (QED) is 0.691. The molecule has 6 heteroatoms. The molecule has 1 unspecified atom stereocenters. The number of urea groups is 1. The van der Waals surface area contributed by atoms with E-state index < -0.39 is 0 Å². The number of hydrogen-bond donors (Lipinski definition) is 3. The van der Waals surface area contributed by atoms with Gasteiger partial charge in [0.1, 0.15) is 5.75 Å². The lowest BCUT2D eigenvalue weighted by Gasteiger charge is -2.15. The van der Waals surface area contributed by atoms with Crippen LogP contribution in [-0.4, -0.2) is 30.5 Å². The van der Waals surface area contributed by atoms with Crippen LogP contribution in [0.5, 0.6) is 5.75 Å². The van der Waals surface area contributed by atoms with Gasteiger partial charge in [0, 0.05) is 5.02 Å². The zero-order valence-electron chi connectivity index (χ0n) is 10.1. The number of benzene rings is 1. The fourth-order valence-corrected chi connectivity index (χ4v) is 1.36. The summed E-state index contributed by atoms with van der Waals surface area (Å²) in [5.74, 6) is 0.619. The van der Waals surface area contributed by atoms with E-state index in [-0.39, 0.29) is 25.4 Å². The van der Waals surface area contributed by atoms with E-state index in [1.807, 2.05) is 6.92 Å². The van der Waals surface area contributed by atoms with Gasteiger partial charge in [-0.1, -0.05) is 18.5 Å². The highest BCUT2D eigenvalue weighted by Gasteiger charge is 2.07. The molecule has 0 aliphatic rings. The third-order valence-electron chi connectivity index (χ3n) is 2.33. The van der Waals surface area contributed by atoms with E-state index in [1.165, 1.54) is 0 Å². The molecule has 5 nitrogen and oxygen atoms in total. The van der Waals surface area contributed by atoms with Crippen LogP contribution < -0.4 is 15.4 Å². The Morgan fingerprint density at radius 3 is 2.67 bits per heavy atom. The van der Waals surface area contributed by atoms with Crippen molar-refractivity contribution in [3.05, 3.63) is 29.3 Å². The van der Waals surface area contributed by atoms with Crippen LogP contribution in [0.15, 0.2) is 24.3 Å². The number of aliphatic hydroxyl groups is 1. The third kappa shape index (κ3) is 5.25. The zero-order valence-corrected chi connectivity index (χ0v) is 10.9. The fourth-order valence-electron chi connectivity index (χ4n) is 1.23. The average molecular weight is 273 g/mol. The molecule has 0 heterocycles. The Hall–Kier alpha value is -1.46. The molecule has 1 aromatic rings. The Bertz CT molecular complexity index is 366. The third-order valence-corrected chi connectivity index (χ3v) is 2.59. The van der Waals surface area contributed by atoms with Crippen molar-refractivity contribution in [3.8, 4) is 5.75 Å². The number of rotatable bonds is 6. The Morgan fingerprint density at radius 1 is 1.44 bits per heavy atom. The second kappa shape index (κ2) is 7.79. The molecule has 0 fully saturated rings. The van der Waals surface area contributed by atoms with E-state index in [0.717, 1.165) is 0 Å². The summed E-state index contributed by atoms with van der Waals surface area (Å²) in [6.45, 7) is 1.85. The number of halogens is 1. The predicted octanol–water partition coefficient (Wildman–Crippen LogP) is 1.75. The second-order valence-electron chi connectivity index (χ2n) is 3.68. The van der Waals surface area contributed by atoms with E-state index in [1.54, 1.807) is 24.3 Å². The van der Waals surface area contributed by atoms with Gasteiger partial charge in [0.25, 0.3) is 0 Å². The van der Waals surface area contributed by atoms with Crippen LogP contribution in [0.4, 0.5) is 4.79 Å². The Balaban J connectivity index is 2.25. The summed E-state index contributed by atoms with van der Waals surface area (Å²) in [5.41, 5.74) is 0. The number of carbonyl (C=O) groups excluding carboxylic acids is 1. The Labute approximate surface area is 111 Å². The highest BCUT2D eigenvalue weighted by molar-refractivity contribution is 6.30. The van der Waals surface area contributed by atoms with Gasteiger partial charge in [-0.3, -0.25) is 0 Å². The molecule has 0 saturated heterocycles. The van der Waals surface area contributed by atoms with Gasteiger partial charge >= 0.3 is 6.03 Å². The lowest BCUT2D eigenvalue weighted by Crippen LogP contribution is -2.44. The summed E-state index contributed by atoms with van der Waals surface area (Å²) >= 11 is 5.73. The molecule has 0 saturated carbocycles. The van der Waals surface area contributed by atoms with E-state index in [0.29, 0.717) is 17.2 Å². The Morgan fingerprint density at radius 2 is 2.11 bits per heavy atom. The summed E-state index contributed by atoms with van der Waals surface area (Å²) < 4.78 is 5.29. The van der Waals surface area contributed by atoms with E-state index in [2.05, 4.69) is 10.6 Å². The molecule has 0 radical (unpaired) electrons. The number of carbonyl (C=O) groups is 1. The molecule has 1 rings (SSSR count). The van der Waals surface area contributed by atoms with Crippen LogP contribution in [0, 0.1) is 0 Å². The van der Waals surface area contributed by atoms with Gasteiger partial charge in [0.05, 0.1) is 12.6 Å². The summed E-state index contributed by atoms with van der Waals surface area (Å²) in [7, 11) is 0. The smallest absolute Gasteiger partial charge is 0.317 e. The first-order chi connectivity index (χ1) is 8.65. The highest BCUT2D eigenvalue weighted by atomic mass is 35.5. The SMILES string of the molecule is CCC(CO)NC(=O)NCOc1ccc(Cl)cc1. The van der Waals surface area contributed by atoms with Crippen LogP contribution in [0.1, 0.15) is 13.3 Å². The molecule has 0 aliphatic carbocycles. The number of amides is 2. The van der Waals surface area contributed by atoms with Crippen LogP contribution in [-0.2, 0) is 0 Å². The summed E-state index contributed by atoms with van der Waals surface area (Å²) in [6.07, 6.45) is 0.669. The van der Waals surface area contributed by atoms with Crippen molar-refractivity contribution < 1.29 is 14.6 Å². The first kappa shape index (κ1) is 14.6. The Kier molecular flexibility index (Phi) is 6.32. The average Bonchev–Trinajstić information content (AvgIpc) is 2.38. The maximum Gasteiger partial charge on any atom is 0.317 e. The van der Waals surface area contributed by atoms with Gasteiger partial charge in [-0.25, -0.2) is 4.79 Å². The lowest BCUT2D eigenvalue weighted by atomic mass is 10.2. The van der Waals surface area contributed by atoms with Crippen molar-refractivity contribution in [1.29, 1.82) is 0 Å². The van der Waals surface area contributed by atoms with Gasteiger partial charge < -0.3 is 20.5 Å². The maximum atomic E-state index is 11.4. The van der Waals surface area contributed by atoms with Gasteiger partial charge in [0.15, 0.2) is 6.73 Å². The van der Waals surface area contributed by atoms with E-state index in [4.69, 9.17) is 21.4 Å². The molecular formula is C12H17ClN2O3. The van der Waals surface area contributed by atoms with Crippen molar-refractivity contribution in [2.75, 3.05) is 13.3 Å². The van der Waals surface area contributed by atoms with Crippen LogP contribution in [0.3, 0.4) is 0 Å². The fraction of sp³-hybridized carbons (Fsp3) is 0.417. The van der Waals surface area contributed by atoms with Gasteiger partial charge in [-0.2, -0.15) is 0 Å². The monoisotopic (exact) mass is 272 g/mol. The van der Waals surface area contributed by atoms with Crippen molar-refractivity contribution in [2.45, 2.75) is 19.4 Å². The number of aliphatic hydroxyl groups excluding tert-OH is 1. The van der Waals surface area contributed by atoms with Crippen LogP contribution in [0.25, 0.3) is 0 Å². The summed E-state index contributed by atoms with van der Waals surface area (Å²) in [6, 6.07) is 6.23. The molecule has 0 spiro atoms. The molecule has 18 heavy (non-hydrogen) atoms. The number of hydrogen-bond acceptors (Lipinski definition) is 3. The predicted molar refractivity (Wildman–Crippen MR) is 69.8 cm³/mol. The largest absolute Gasteiger partial charge is 0.473 e. The summed E-state index contributed by atoms with van der Waals surface area (Å²) in [5, 5.41) is 14.7. The second-order valence-corrected chi connectivity index (χ2v) is 4.12. The molecule has 0 bridgehead atoms. The lowest BCUT2D eigenvalue weighted by molar-refractivity contribution is 0.204. The molecule has 3 N–H and O–H groups in total. The molecule has 0 aromatic heterocycles. The highest BCUT2D eigenvalue weighted by Crippen LogP contribution is 2.14. The normalized spacial score (nSPS) is 11.7. The first-order valence-electron chi connectivity index (χ1n) is 5.69. The van der Waals surface area contributed by atoms with Gasteiger partial charge in [-0.15, -0.1) is 0 Å². The first-order valence-corrected chi connectivity index (χ1v) is 6.07. The van der Waals surface area contributed by atoms with Crippen LogP contribution >= 0.6 is 11.6 Å². The number of ether oxygens (including phenoxy) is 1. The standard InChI is InChI=1S/C12H17ClN2O3/c1-2-10(7-16)15-12(17)14-8-18-11-5-3-9(13)4-6-11/h3-6,10,16H,2,7-8H2,1H3,(H2,14,15,17). The minimum absolute atomic E-state index is 0.0509. The van der Waals surface area contributed by atoms with E-state index >= 15 is 0 Å². The molecule has 1 atom stereocenters. The molecular weight excluding hydrogens is 256 g/mol.